The molecule has 0 spiro atoms. The van der Waals surface area contributed by atoms with Crippen LogP contribution in [0.1, 0.15) is 23.7 Å². The molecule has 0 unspecified atom stereocenters. The number of ether oxygens (including phenoxy) is 19. The Labute approximate surface area is 408 Å². The molecule has 0 aliphatic rings. The second-order valence-corrected chi connectivity index (χ2v) is 13.8. The number of aliphatic hydroxyl groups excluding tert-OH is 3. The normalized spacial score (nSPS) is 11.4. The molecule has 406 valence electrons. The number of carbonyl (C=O) groups excluding carboxylic acids is 1. The minimum atomic E-state index is -0.539. The summed E-state index contributed by atoms with van der Waals surface area (Å²) in [6.07, 6.45) is 0.650. The maximum Gasteiger partial charge on any atom is 0.338 e. The van der Waals surface area contributed by atoms with E-state index in [2.05, 4.69) is 0 Å². The highest BCUT2D eigenvalue weighted by molar-refractivity contribution is 5.91. The van der Waals surface area contributed by atoms with E-state index in [1.807, 2.05) is 6.92 Å². The smallest absolute Gasteiger partial charge is 0.338 e. The molecule has 69 heavy (non-hydrogen) atoms. The van der Waals surface area contributed by atoms with E-state index in [9.17, 15) is 4.79 Å². The number of carbonyl (C=O) groups is 1. The third kappa shape index (κ3) is 42.7. The molecule has 1 aromatic carbocycles. The number of rotatable bonds is 57. The third-order valence-electron chi connectivity index (χ3n) is 8.31. The summed E-state index contributed by atoms with van der Waals surface area (Å²) >= 11 is 0. The Balaban J connectivity index is 2.59. The van der Waals surface area contributed by atoms with Crippen LogP contribution in [-0.4, -0.2) is 266 Å². The molecule has 23 heteroatoms. The van der Waals surface area contributed by atoms with Crippen LogP contribution in [0, 0.1) is 0 Å². The van der Waals surface area contributed by atoms with Gasteiger partial charge in [0.25, 0.3) is 0 Å². The molecule has 1 aromatic rings. The maximum absolute atomic E-state index is 13.1. The Kier molecular flexibility index (Phi) is 49.6. The van der Waals surface area contributed by atoms with Gasteiger partial charge < -0.3 is 105 Å². The third-order valence-corrected chi connectivity index (χ3v) is 8.31. The topological polar surface area (TPSA) is 253 Å². The van der Waals surface area contributed by atoms with E-state index < -0.39 is 5.97 Å². The van der Waals surface area contributed by atoms with Crippen LogP contribution in [0.15, 0.2) is 12.1 Å². The summed E-state index contributed by atoms with van der Waals surface area (Å²) in [6.45, 7) is 13.7. The Morgan fingerprint density at radius 3 is 0.768 bits per heavy atom. The number of benzene rings is 1. The van der Waals surface area contributed by atoms with Crippen LogP contribution >= 0.6 is 0 Å². The lowest BCUT2D eigenvalue weighted by Crippen LogP contribution is -2.17. The molecule has 0 heterocycles. The first-order valence-electron chi connectivity index (χ1n) is 23.9. The van der Waals surface area contributed by atoms with E-state index in [0.717, 1.165) is 0 Å². The molecule has 3 N–H and O–H groups in total. The monoisotopic (exact) mass is 1000 g/mol. The summed E-state index contributed by atoms with van der Waals surface area (Å²) < 4.78 is 106. The standard InChI is InChI=1S/C46H84O23/c1-2-6-69-46(50)42-40-43(66-37-34-63-31-28-60-25-22-57-19-16-54-13-10-51-7-3-47)45(68-39-36-65-33-30-62-27-24-59-21-18-56-15-12-53-9-5-49)44(41-42)67-38-35-64-32-29-61-26-23-58-20-17-55-14-11-52-8-4-48/h40-41,47-49H,2-39H2,1H3. The average molecular weight is 1010 g/mol. The molecule has 0 aromatic heterocycles. The molecular formula is C46H84O23. The molecule has 0 fully saturated rings. The Morgan fingerprint density at radius 1 is 0.319 bits per heavy atom. The molecule has 0 radical (unpaired) electrons. The van der Waals surface area contributed by atoms with Crippen molar-refractivity contribution in [1.29, 1.82) is 0 Å². The Hall–Kier alpha value is -2.63. The fraction of sp³-hybridized carbons (Fsp3) is 0.848. The summed E-state index contributed by atoms with van der Waals surface area (Å²) in [7, 11) is 0. The lowest BCUT2D eigenvalue weighted by atomic mass is 10.2. The molecular weight excluding hydrogens is 920 g/mol. The van der Waals surface area contributed by atoms with Gasteiger partial charge in [-0.3, -0.25) is 0 Å². The summed E-state index contributed by atoms with van der Waals surface area (Å²) in [5.41, 5.74) is 0.222. The van der Waals surface area contributed by atoms with Crippen LogP contribution in [0.5, 0.6) is 17.2 Å². The zero-order valence-corrected chi connectivity index (χ0v) is 41.0. The van der Waals surface area contributed by atoms with Crippen LogP contribution < -0.4 is 14.2 Å². The van der Waals surface area contributed by atoms with E-state index in [1.54, 1.807) is 12.1 Å². The lowest BCUT2D eigenvalue weighted by molar-refractivity contribution is -0.0154. The molecule has 23 nitrogen and oxygen atoms in total. The summed E-state index contributed by atoms with van der Waals surface area (Å²) in [5, 5.41) is 26.1. The van der Waals surface area contributed by atoms with Crippen molar-refractivity contribution in [3.8, 4) is 17.2 Å². The van der Waals surface area contributed by atoms with Gasteiger partial charge in [-0.1, -0.05) is 6.92 Å². The minimum Gasteiger partial charge on any atom is -0.487 e. The SMILES string of the molecule is CCCOC(=O)c1cc(OCCOCCOCCOCCOCCOCCO)c(OCCOCCOCCOCCOCCOCCO)c(OCCOCCOCCOCCOCCOCCO)c1. The molecule has 0 aliphatic carbocycles. The predicted molar refractivity (Wildman–Crippen MR) is 247 cm³/mol. The van der Waals surface area contributed by atoms with Crippen molar-refractivity contribution >= 4 is 5.97 Å². The van der Waals surface area contributed by atoms with Crippen molar-refractivity contribution in [2.24, 2.45) is 0 Å². The molecule has 0 bridgehead atoms. The summed E-state index contributed by atoms with van der Waals surface area (Å²) in [4.78, 5) is 13.1. The highest BCUT2D eigenvalue weighted by atomic mass is 16.6. The average Bonchev–Trinajstić information content (AvgIpc) is 3.36. The number of hydrogen-bond donors (Lipinski definition) is 3. The molecule has 0 saturated carbocycles. The van der Waals surface area contributed by atoms with Crippen molar-refractivity contribution < 1.29 is 110 Å². The Bertz CT molecular complexity index is 1160. The quantitative estimate of drug-likeness (QED) is 0.0597. The van der Waals surface area contributed by atoms with Gasteiger partial charge in [0.2, 0.25) is 5.75 Å². The Morgan fingerprint density at radius 2 is 0.536 bits per heavy atom. The van der Waals surface area contributed by atoms with Gasteiger partial charge >= 0.3 is 5.97 Å². The first kappa shape index (κ1) is 64.4. The predicted octanol–water partition coefficient (Wildman–Crippen LogP) is 0.616. The molecule has 1 rings (SSSR count). The first-order chi connectivity index (χ1) is 34.2. The number of esters is 1. The van der Waals surface area contributed by atoms with E-state index in [4.69, 9.17) is 105 Å². The fourth-order valence-electron chi connectivity index (χ4n) is 5.09. The zero-order chi connectivity index (χ0) is 49.6. The van der Waals surface area contributed by atoms with E-state index in [-0.39, 0.29) is 88.9 Å². The van der Waals surface area contributed by atoms with Crippen molar-refractivity contribution in [1.82, 2.24) is 0 Å². The van der Waals surface area contributed by atoms with Gasteiger partial charge in [0, 0.05) is 0 Å². The van der Waals surface area contributed by atoms with Crippen molar-refractivity contribution in [2.75, 3.05) is 244 Å². The molecule has 0 aliphatic heterocycles. The van der Waals surface area contributed by atoms with E-state index in [0.29, 0.717) is 185 Å². The number of aliphatic hydroxyl groups is 3. The second-order valence-electron chi connectivity index (χ2n) is 13.8. The number of hydrogen-bond acceptors (Lipinski definition) is 23. The van der Waals surface area contributed by atoms with Gasteiger partial charge in [0.15, 0.2) is 11.5 Å². The second kappa shape index (κ2) is 53.2. The van der Waals surface area contributed by atoms with Gasteiger partial charge in [0.1, 0.15) is 19.8 Å². The van der Waals surface area contributed by atoms with Gasteiger partial charge in [-0.05, 0) is 18.6 Å². The maximum atomic E-state index is 13.1. The fourth-order valence-corrected chi connectivity index (χ4v) is 5.09. The van der Waals surface area contributed by atoms with Crippen LogP contribution in [0.2, 0.25) is 0 Å². The van der Waals surface area contributed by atoms with Gasteiger partial charge in [0.05, 0.1) is 230 Å². The molecule has 0 amide bonds. The molecule has 0 saturated heterocycles. The van der Waals surface area contributed by atoms with E-state index >= 15 is 0 Å². The van der Waals surface area contributed by atoms with Crippen molar-refractivity contribution in [3.05, 3.63) is 17.7 Å². The highest BCUT2D eigenvalue weighted by Gasteiger charge is 2.20. The van der Waals surface area contributed by atoms with Crippen molar-refractivity contribution in [2.45, 2.75) is 13.3 Å². The van der Waals surface area contributed by atoms with Crippen LogP contribution in [0.3, 0.4) is 0 Å². The summed E-state index contributed by atoms with van der Waals surface area (Å²) in [6, 6.07) is 3.10. The summed E-state index contributed by atoms with van der Waals surface area (Å²) in [5.74, 6) is 0.249. The highest BCUT2D eigenvalue weighted by Crippen LogP contribution is 2.39. The van der Waals surface area contributed by atoms with Crippen LogP contribution in [0.4, 0.5) is 0 Å². The molecule has 0 atom stereocenters. The van der Waals surface area contributed by atoms with Crippen molar-refractivity contribution in [3.63, 3.8) is 0 Å². The van der Waals surface area contributed by atoms with Gasteiger partial charge in [-0.25, -0.2) is 4.79 Å². The van der Waals surface area contributed by atoms with E-state index in [1.165, 1.54) is 0 Å². The lowest BCUT2D eigenvalue weighted by Gasteiger charge is -2.19. The van der Waals surface area contributed by atoms with Crippen LogP contribution in [-0.2, 0) is 75.8 Å². The first-order valence-corrected chi connectivity index (χ1v) is 23.9. The largest absolute Gasteiger partial charge is 0.487 e. The van der Waals surface area contributed by atoms with Gasteiger partial charge in [-0.15, -0.1) is 0 Å². The zero-order valence-electron chi connectivity index (χ0n) is 41.0. The van der Waals surface area contributed by atoms with Crippen LogP contribution in [0.25, 0.3) is 0 Å². The van der Waals surface area contributed by atoms with Gasteiger partial charge in [-0.2, -0.15) is 0 Å². The minimum absolute atomic E-state index is 0.0129.